The zero-order chi connectivity index (χ0) is 13.2. The largest absolute Gasteiger partial charge is 0.390 e. The molecule has 0 saturated carbocycles. The summed E-state index contributed by atoms with van der Waals surface area (Å²) < 4.78 is -0.0521. The number of halogens is 3. The van der Waals surface area contributed by atoms with Gasteiger partial charge in [-0.25, -0.2) is 4.68 Å². The number of alkyl halides is 3. The van der Waals surface area contributed by atoms with Gasteiger partial charge >= 0.3 is 0 Å². The zero-order valence-corrected chi connectivity index (χ0v) is 12.1. The molecule has 2 heterocycles. The smallest absolute Gasteiger partial charge is 0.234 e. The number of nitrogens with zero attached hydrogens (tertiary/aromatic N) is 4. The SMILES string of the molecule is OCc1nnn(CCN2CCCC2)c1C(Cl)(Cl)Cl. The van der Waals surface area contributed by atoms with Crippen LogP contribution >= 0.6 is 34.8 Å². The first-order valence-electron chi connectivity index (χ1n) is 5.85. The van der Waals surface area contributed by atoms with Crippen molar-refractivity contribution in [3.05, 3.63) is 11.4 Å². The molecule has 8 heteroatoms. The highest BCUT2D eigenvalue weighted by atomic mass is 35.6. The highest BCUT2D eigenvalue weighted by Gasteiger charge is 2.32. The number of aliphatic hydroxyl groups excluding tert-OH is 1. The first-order valence-corrected chi connectivity index (χ1v) is 6.98. The van der Waals surface area contributed by atoms with Crippen LogP contribution in [0.4, 0.5) is 0 Å². The first-order chi connectivity index (χ1) is 8.52. The second-order valence-electron chi connectivity index (χ2n) is 4.31. The summed E-state index contributed by atoms with van der Waals surface area (Å²) in [5, 5.41) is 17.0. The van der Waals surface area contributed by atoms with Gasteiger partial charge in [-0.1, -0.05) is 40.0 Å². The molecule has 0 radical (unpaired) electrons. The second kappa shape index (κ2) is 5.92. The van der Waals surface area contributed by atoms with Gasteiger partial charge in [0.05, 0.1) is 13.2 Å². The molecule has 1 aromatic rings. The lowest BCUT2D eigenvalue weighted by Gasteiger charge is -2.17. The molecule has 102 valence electrons. The van der Waals surface area contributed by atoms with Crippen molar-refractivity contribution in [3.8, 4) is 0 Å². The molecule has 5 nitrogen and oxygen atoms in total. The van der Waals surface area contributed by atoms with Crippen molar-refractivity contribution in [2.24, 2.45) is 0 Å². The van der Waals surface area contributed by atoms with Crippen molar-refractivity contribution in [2.45, 2.75) is 29.8 Å². The third kappa shape index (κ3) is 3.27. The van der Waals surface area contributed by atoms with Gasteiger partial charge < -0.3 is 10.0 Å². The molecule has 18 heavy (non-hydrogen) atoms. The Morgan fingerprint density at radius 2 is 1.83 bits per heavy atom. The summed E-state index contributed by atoms with van der Waals surface area (Å²) in [6.45, 7) is 3.38. The van der Waals surface area contributed by atoms with Crippen LogP contribution in [0.25, 0.3) is 0 Å². The van der Waals surface area contributed by atoms with Gasteiger partial charge in [-0.15, -0.1) is 5.10 Å². The number of aliphatic hydroxyl groups is 1. The first kappa shape index (κ1) is 14.3. The molecule has 1 saturated heterocycles. The summed E-state index contributed by atoms with van der Waals surface area (Å²) in [5.41, 5.74) is 0.672. The Morgan fingerprint density at radius 3 is 2.39 bits per heavy atom. The highest BCUT2D eigenvalue weighted by molar-refractivity contribution is 6.66. The van der Waals surface area contributed by atoms with Gasteiger partial charge in [0.15, 0.2) is 0 Å². The van der Waals surface area contributed by atoms with Gasteiger partial charge in [-0.2, -0.15) is 0 Å². The summed E-state index contributed by atoms with van der Waals surface area (Å²) in [5.74, 6) is 0. The lowest BCUT2D eigenvalue weighted by Crippen LogP contribution is -2.26. The monoisotopic (exact) mass is 312 g/mol. The molecule has 1 fully saturated rings. The number of aromatic nitrogens is 3. The standard InChI is InChI=1S/C10H15Cl3N4O/c11-10(12,13)9-8(7-18)14-15-17(9)6-5-16-3-1-2-4-16/h18H,1-7H2. The lowest BCUT2D eigenvalue weighted by molar-refractivity contribution is 0.275. The van der Waals surface area contributed by atoms with Crippen molar-refractivity contribution in [2.75, 3.05) is 19.6 Å². The fourth-order valence-corrected chi connectivity index (χ4v) is 2.78. The molecule has 0 atom stereocenters. The van der Waals surface area contributed by atoms with Crippen molar-refractivity contribution in [1.82, 2.24) is 19.9 Å². The molecular formula is C10H15Cl3N4O. The van der Waals surface area contributed by atoms with Crippen LogP contribution in [-0.4, -0.2) is 44.6 Å². The van der Waals surface area contributed by atoms with Crippen LogP contribution in [0.15, 0.2) is 0 Å². The van der Waals surface area contributed by atoms with E-state index < -0.39 is 3.79 Å². The Hall–Kier alpha value is -0.0700. The van der Waals surface area contributed by atoms with E-state index >= 15 is 0 Å². The van der Waals surface area contributed by atoms with Crippen LogP contribution in [0, 0.1) is 0 Å². The summed E-state index contributed by atoms with van der Waals surface area (Å²) in [4.78, 5) is 2.34. The van der Waals surface area contributed by atoms with Crippen molar-refractivity contribution in [1.29, 1.82) is 0 Å². The van der Waals surface area contributed by atoms with Gasteiger partial charge in [0.25, 0.3) is 0 Å². The van der Waals surface area contributed by atoms with E-state index in [-0.39, 0.29) is 6.61 Å². The van der Waals surface area contributed by atoms with Crippen LogP contribution in [-0.2, 0) is 16.9 Å². The second-order valence-corrected chi connectivity index (χ2v) is 6.59. The van der Waals surface area contributed by atoms with E-state index in [1.54, 1.807) is 4.68 Å². The number of rotatable bonds is 4. The fourth-order valence-electron chi connectivity index (χ4n) is 2.16. The van der Waals surface area contributed by atoms with Gasteiger partial charge in [0, 0.05) is 6.54 Å². The molecule has 1 aliphatic heterocycles. The maximum atomic E-state index is 9.17. The lowest BCUT2D eigenvalue weighted by atomic mass is 10.3. The number of hydrogen-bond acceptors (Lipinski definition) is 4. The van der Waals surface area contributed by atoms with E-state index in [0.29, 0.717) is 17.9 Å². The van der Waals surface area contributed by atoms with Gasteiger partial charge in [0.2, 0.25) is 3.79 Å². The predicted molar refractivity (Wildman–Crippen MR) is 70.9 cm³/mol. The Morgan fingerprint density at radius 1 is 1.17 bits per heavy atom. The van der Waals surface area contributed by atoms with E-state index in [2.05, 4.69) is 15.2 Å². The Kier molecular flexibility index (Phi) is 4.72. The third-order valence-electron chi connectivity index (χ3n) is 3.05. The van der Waals surface area contributed by atoms with E-state index in [9.17, 15) is 5.11 Å². The summed E-state index contributed by atoms with van der Waals surface area (Å²) in [6.07, 6.45) is 2.47. The summed E-state index contributed by atoms with van der Waals surface area (Å²) in [6, 6.07) is 0. The maximum Gasteiger partial charge on any atom is 0.234 e. The molecule has 1 aromatic heterocycles. The Balaban J connectivity index is 2.09. The van der Waals surface area contributed by atoms with Crippen LogP contribution in [0.1, 0.15) is 24.2 Å². The molecule has 1 aliphatic rings. The van der Waals surface area contributed by atoms with Crippen LogP contribution < -0.4 is 0 Å². The summed E-state index contributed by atoms with van der Waals surface area (Å²) >= 11 is 17.7. The highest BCUT2D eigenvalue weighted by Crippen LogP contribution is 2.39. The minimum atomic E-state index is -1.62. The molecule has 0 aliphatic carbocycles. The fraction of sp³-hybridized carbons (Fsp3) is 0.800. The van der Waals surface area contributed by atoms with E-state index in [1.165, 1.54) is 12.8 Å². The van der Waals surface area contributed by atoms with E-state index in [1.807, 2.05) is 0 Å². The van der Waals surface area contributed by atoms with E-state index in [0.717, 1.165) is 19.6 Å². The van der Waals surface area contributed by atoms with Gasteiger partial charge in [0.1, 0.15) is 11.4 Å². The zero-order valence-electron chi connectivity index (χ0n) is 9.82. The number of likely N-dealkylation sites (tertiary alicyclic amines) is 1. The average Bonchev–Trinajstić information content (AvgIpc) is 2.94. The molecule has 0 aromatic carbocycles. The van der Waals surface area contributed by atoms with Crippen LogP contribution in [0.2, 0.25) is 0 Å². The Labute approximate surface area is 121 Å². The molecule has 0 bridgehead atoms. The predicted octanol–water partition coefficient (Wildman–Crippen LogP) is 1.69. The van der Waals surface area contributed by atoms with E-state index in [4.69, 9.17) is 34.8 Å². The van der Waals surface area contributed by atoms with Crippen molar-refractivity contribution >= 4 is 34.8 Å². The topological polar surface area (TPSA) is 54.2 Å². The molecule has 0 spiro atoms. The van der Waals surface area contributed by atoms with Gasteiger partial charge in [-0.05, 0) is 25.9 Å². The average molecular weight is 314 g/mol. The minimum Gasteiger partial charge on any atom is -0.390 e. The number of hydrogen-bond donors (Lipinski definition) is 1. The van der Waals surface area contributed by atoms with Crippen LogP contribution in [0.5, 0.6) is 0 Å². The van der Waals surface area contributed by atoms with Crippen molar-refractivity contribution in [3.63, 3.8) is 0 Å². The van der Waals surface area contributed by atoms with Crippen molar-refractivity contribution < 1.29 is 5.11 Å². The quantitative estimate of drug-likeness (QED) is 0.860. The molecule has 0 unspecified atom stereocenters. The Bertz CT molecular complexity index is 398. The summed E-state index contributed by atoms with van der Waals surface area (Å²) in [7, 11) is 0. The molecule has 0 amide bonds. The third-order valence-corrected chi connectivity index (χ3v) is 3.59. The maximum absolute atomic E-state index is 9.17. The molecular weight excluding hydrogens is 298 g/mol. The van der Waals surface area contributed by atoms with Gasteiger partial charge in [-0.3, -0.25) is 0 Å². The molecule has 2 rings (SSSR count). The molecule has 1 N–H and O–H groups in total. The van der Waals surface area contributed by atoms with Crippen LogP contribution in [0.3, 0.4) is 0 Å². The minimum absolute atomic E-state index is 0.285. The normalized spacial score (nSPS) is 17.6.